The number of carbonyl (C=O) groups is 2. The van der Waals surface area contributed by atoms with E-state index in [1.165, 1.54) is 24.2 Å². The van der Waals surface area contributed by atoms with Crippen LogP contribution in [0.15, 0.2) is 42.6 Å². The van der Waals surface area contributed by atoms with Gasteiger partial charge in [-0.3, -0.25) is 19.5 Å². The summed E-state index contributed by atoms with van der Waals surface area (Å²) in [6.07, 6.45) is 9.25. The number of rotatable bonds is 14. The highest BCUT2D eigenvalue weighted by Crippen LogP contribution is 2.42. The molecule has 7 heteroatoms. The van der Waals surface area contributed by atoms with Crippen LogP contribution in [0, 0.1) is 6.92 Å². The Morgan fingerprint density at radius 1 is 0.947 bits per heavy atom. The van der Waals surface area contributed by atoms with Crippen molar-refractivity contribution >= 4 is 28.4 Å². The van der Waals surface area contributed by atoms with Crippen LogP contribution in [0.2, 0.25) is 0 Å². The molecule has 0 bridgehead atoms. The van der Waals surface area contributed by atoms with Gasteiger partial charge in [-0.05, 0) is 49.9 Å². The number of fused-ring (bicyclic) bond motifs is 2. The molecule has 3 aromatic rings. The number of hydrogen-bond donors (Lipinski definition) is 0. The summed E-state index contributed by atoms with van der Waals surface area (Å²) in [5, 5.41) is 0.980. The lowest BCUT2D eigenvalue weighted by atomic mass is 10.1. The summed E-state index contributed by atoms with van der Waals surface area (Å²) in [6, 6.07) is 11.0. The number of aryl methyl sites for hydroxylation is 1. The van der Waals surface area contributed by atoms with E-state index in [4.69, 9.17) is 14.5 Å². The quantitative estimate of drug-likeness (QED) is 0.182. The van der Waals surface area contributed by atoms with Crippen molar-refractivity contribution in [1.29, 1.82) is 0 Å². The predicted octanol–water partition coefficient (Wildman–Crippen LogP) is 6.41. The summed E-state index contributed by atoms with van der Waals surface area (Å²) in [5.74, 6) is 1.06. The zero-order chi connectivity index (χ0) is 27.1. The lowest BCUT2D eigenvalue weighted by Crippen LogP contribution is -2.31. The first kappa shape index (κ1) is 27.4. The Bertz CT molecular complexity index is 1250. The first-order chi connectivity index (χ1) is 18.5. The van der Waals surface area contributed by atoms with Gasteiger partial charge in [0.05, 0.1) is 41.4 Å². The molecule has 1 aliphatic heterocycles. The summed E-state index contributed by atoms with van der Waals surface area (Å²) in [4.78, 5) is 33.5. The molecule has 1 aromatic heterocycles. The monoisotopic (exact) mass is 517 g/mol. The molecule has 202 valence electrons. The standard InChI is InChI=1S/C31H39N3O4/c1-5-6-7-8-13-20-38-29-26(37-4)21-25(28-27(29)22(2)16-17-32-28)33(3)18-11-12-19-34-30(35)23-14-9-10-15-24(23)31(34)36/h9-10,14-17,21H,5-8,11-13,18-20H2,1-4H3. The van der Waals surface area contributed by atoms with Crippen molar-refractivity contribution in [2.24, 2.45) is 0 Å². The minimum atomic E-state index is -0.199. The van der Waals surface area contributed by atoms with Gasteiger partial charge < -0.3 is 14.4 Å². The molecule has 2 aromatic carbocycles. The number of aromatic nitrogens is 1. The molecule has 0 radical (unpaired) electrons. The molecule has 0 spiro atoms. The van der Waals surface area contributed by atoms with E-state index in [1.807, 2.05) is 25.4 Å². The fourth-order valence-electron chi connectivity index (χ4n) is 5.07. The van der Waals surface area contributed by atoms with Crippen LogP contribution in [-0.2, 0) is 0 Å². The molecule has 2 heterocycles. The van der Waals surface area contributed by atoms with Gasteiger partial charge in [0.25, 0.3) is 11.8 Å². The molecular formula is C31H39N3O4. The van der Waals surface area contributed by atoms with Crippen LogP contribution in [0.25, 0.3) is 10.9 Å². The van der Waals surface area contributed by atoms with E-state index in [2.05, 4.69) is 18.7 Å². The van der Waals surface area contributed by atoms with Gasteiger partial charge in [0, 0.05) is 32.4 Å². The lowest BCUT2D eigenvalue weighted by molar-refractivity contribution is 0.0652. The van der Waals surface area contributed by atoms with Gasteiger partial charge >= 0.3 is 0 Å². The number of amides is 2. The number of imide groups is 1. The van der Waals surface area contributed by atoms with Gasteiger partial charge in [-0.1, -0.05) is 44.7 Å². The summed E-state index contributed by atoms with van der Waals surface area (Å²) >= 11 is 0. The van der Waals surface area contributed by atoms with Gasteiger partial charge in [0.2, 0.25) is 0 Å². The SMILES string of the molecule is CCCCCCCOc1c(OC)cc(N(C)CCCCN2C(=O)c3ccccc3C2=O)c2nccc(C)c12. The molecule has 0 atom stereocenters. The fraction of sp³-hybridized carbons (Fsp3) is 0.452. The Morgan fingerprint density at radius 2 is 1.66 bits per heavy atom. The van der Waals surface area contributed by atoms with Crippen molar-refractivity contribution in [1.82, 2.24) is 9.88 Å². The smallest absolute Gasteiger partial charge is 0.261 e. The molecule has 7 nitrogen and oxygen atoms in total. The highest BCUT2D eigenvalue weighted by molar-refractivity contribution is 6.21. The number of benzene rings is 2. The Hall–Kier alpha value is -3.61. The number of unbranched alkanes of at least 4 members (excludes halogenated alkanes) is 5. The maximum Gasteiger partial charge on any atom is 0.261 e. The maximum absolute atomic E-state index is 12.6. The van der Waals surface area contributed by atoms with Crippen LogP contribution in [-0.4, -0.2) is 55.6 Å². The van der Waals surface area contributed by atoms with Crippen molar-refractivity contribution in [3.05, 3.63) is 59.3 Å². The number of carbonyl (C=O) groups excluding carboxylic acids is 2. The molecule has 1 aliphatic rings. The molecular weight excluding hydrogens is 478 g/mol. The zero-order valence-corrected chi connectivity index (χ0v) is 23.1. The van der Waals surface area contributed by atoms with Crippen molar-refractivity contribution in [3.63, 3.8) is 0 Å². The second kappa shape index (κ2) is 12.8. The van der Waals surface area contributed by atoms with E-state index in [1.54, 1.807) is 31.4 Å². The maximum atomic E-state index is 12.6. The molecule has 4 rings (SSSR count). The molecule has 0 fully saturated rings. The minimum absolute atomic E-state index is 0.199. The van der Waals surface area contributed by atoms with Crippen LogP contribution in [0.4, 0.5) is 5.69 Å². The Kier molecular flexibility index (Phi) is 9.21. The lowest BCUT2D eigenvalue weighted by Gasteiger charge is -2.24. The van der Waals surface area contributed by atoms with Gasteiger partial charge in [0.15, 0.2) is 11.5 Å². The topological polar surface area (TPSA) is 72.0 Å². The molecule has 2 amide bonds. The molecule has 0 unspecified atom stereocenters. The number of pyridine rings is 1. The van der Waals surface area contributed by atoms with E-state index < -0.39 is 0 Å². The van der Waals surface area contributed by atoms with E-state index in [0.717, 1.165) is 60.1 Å². The third-order valence-corrected chi connectivity index (χ3v) is 7.25. The summed E-state index contributed by atoms with van der Waals surface area (Å²) in [6.45, 7) is 6.09. The third-order valence-electron chi connectivity index (χ3n) is 7.25. The minimum Gasteiger partial charge on any atom is -0.493 e. The Morgan fingerprint density at radius 3 is 2.34 bits per heavy atom. The summed E-state index contributed by atoms with van der Waals surface area (Å²) in [7, 11) is 3.71. The second-order valence-electron chi connectivity index (χ2n) is 9.98. The fourth-order valence-corrected chi connectivity index (χ4v) is 5.07. The Labute approximate surface area is 225 Å². The largest absolute Gasteiger partial charge is 0.493 e. The molecule has 0 saturated carbocycles. The van der Waals surface area contributed by atoms with E-state index in [0.29, 0.717) is 30.0 Å². The zero-order valence-electron chi connectivity index (χ0n) is 23.1. The van der Waals surface area contributed by atoms with Crippen molar-refractivity contribution in [3.8, 4) is 11.5 Å². The first-order valence-corrected chi connectivity index (χ1v) is 13.7. The number of nitrogens with zero attached hydrogens (tertiary/aromatic N) is 3. The molecule has 0 saturated heterocycles. The van der Waals surface area contributed by atoms with Crippen LogP contribution in [0.3, 0.4) is 0 Å². The number of ether oxygens (including phenoxy) is 2. The number of anilines is 1. The van der Waals surface area contributed by atoms with E-state index in [9.17, 15) is 9.59 Å². The molecule has 0 N–H and O–H groups in total. The van der Waals surface area contributed by atoms with E-state index >= 15 is 0 Å². The number of methoxy groups -OCH3 is 1. The predicted molar refractivity (Wildman–Crippen MR) is 152 cm³/mol. The molecule has 38 heavy (non-hydrogen) atoms. The average molecular weight is 518 g/mol. The van der Waals surface area contributed by atoms with Gasteiger partial charge in [-0.25, -0.2) is 0 Å². The summed E-state index contributed by atoms with van der Waals surface area (Å²) < 4.78 is 12.1. The highest BCUT2D eigenvalue weighted by atomic mass is 16.5. The van der Waals surface area contributed by atoms with Crippen LogP contribution in [0.5, 0.6) is 11.5 Å². The Balaban J connectivity index is 1.43. The van der Waals surface area contributed by atoms with Gasteiger partial charge in [0.1, 0.15) is 0 Å². The second-order valence-corrected chi connectivity index (χ2v) is 9.98. The van der Waals surface area contributed by atoms with Crippen molar-refractivity contribution < 1.29 is 19.1 Å². The van der Waals surface area contributed by atoms with E-state index in [-0.39, 0.29) is 11.8 Å². The highest BCUT2D eigenvalue weighted by Gasteiger charge is 2.34. The third kappa shape index (κ3) is 5.77. The average Bonchev–Trinajstić information content (AvgIpc) is 3.17. The van der Waals surface area contributed by atoms with Crippen molar-refractivity contribution in [2.45, 2.75) is 58.8 Å². The van der Waals surface area contributed by atoms with Crippen LogP contribution >= 0.6 is 0 Å². The first-order valence-electron chi connectivity index (χ1n) is 13.7. The van der Waals surface area contributed by atoms with Gasteiger partial charge in [-0.2, -0.15) is 0 Å². The molecule has 0 aliphatic carbocycles. The van der Waals surface area contributed by atoms with Crippen LogP contribution < -0.4 is 14.4 Å². The normalized spacial score (nSPS) is 12.8. The van der Waals surface area contributed by atoms with Gasteiger partial charge in [-0.15, -0.1) is 0 Å². The van der Waals surface area contributed by atoms with Crippen LogP contribution in [0.1, 0.15) is 78.1 Å². The number of hydrogen-bond acceptors (Lipinski definition) is 6. The van der Waals surface area contributed by atoms with Crippen molar-refractivity contribution in [2.75, 3.05) is 38.8 Å². The summed E-state index contributed by atoms with van der Waals surface area (Å²) in [5.41, 5.74) is 3.94.